The van der Waals surface area contributed by atoms with Crippen LogP contribution in [0.25, 0.3) is 0 Å². The van der Waals surface area contributed by atoms with Gasteiger partial charge < -0.3 is 5.11 Å². The highest BCUT2D eigenvalue weighted by atomic mass is 16.3. The highest BCUT2D eigenvalue weighted by Crippen LogP contribution is 2.28. The van der Waals surface area contributed by atoms with Gasteiger partial charge in [-0.15, -0.1) is 0 Å². The van der Waals surface area contributed by atoms with E-state index in [0.717, 1.165) is 13.0 Å². The fraction of sp³-hybridized carbons (Fsp3) is 0.500. The van der Waals surface area contributed by atoms with Crippen molar-refractivity contribution in [3.05, 3.63) is 48.0 Å². The van der Waals surface area contributed by atoms with Gasteiger partial charge in [0.2, 0.25) is 0 Å². The average Bonchev–Trinajstić information content (AvgIpc) is 2.41. The van der Waals surface area contributed by atoms with E-state index in [1.807, 2.05) is 18.2 Å². The first-order valence-electron chi connectivity index (χ1n) is 6.82. The second-order valence-electron chi connectivity index (χ2n) is 5.30. The monoisotopic (exact) mass is 245 g/mol. The third kappa shape index (κ3) is 2.82. The quantitative estimate of drug-likeness (QED) is 0.824. The van der Waals surface area contributed by atoms with Gasteiger partial charge in [0, 0.05) is 12.6 Å². The molecule has 2 rings (SSSR count). The van der Waals surface area contributed by atoms with Crippen molar-refractivity contribution >= 4 is 0 Å². The van der Waals surface area contributed by atoms with Gasteiger partial charge in [0.05, 0.1) is 12.6 Å². The maximum absolute atomic E-state index is 9.77. The number of aliphatic hydroxyl groups excluding tert-OH is 1. The van der Waals surface area contributed by atoms with Crippen LogP contribution >= 0.6 is 0 Å². The molecule has 1 aliphatic heterocycles. The Labute approximate surface area is 110 Å². The van der Waals surface area contributed by atoms with Gasteiger partial charge in [-0.25, -0.2) is 0 Å². The van der Waals surface area contributed by atoms with Crippen LogP contribution in [0.5, 0.6) is 0 Å². The summed E-state index contributed by atoms with van der Waals surface area (Å²) in [7, 11) is 0. The normalized spacial score (nSPS) is 22.3. The summed E-state index contributed by atoms with van der Waals surface area (Å²) in [6.07, 6.45) is 5.63. The number of rotatable bonds is 4. The molecule has 0 aliphatic carbocycles. The Hall–Kier alpha value is -1.12. The van der Waals surface area contributed by atoms with E-state index in [-0.39, 0.29) is 12.6 Å². The molecule has 0 radical (unpaired) electrons. The molecule has 1 N–H and O–H groups in total. The summed E-state index contributed by atoms with van der Waals surface area (Å²) in [5.74, 6) is 0.569. The summed E-state index contributed by atoms with van der Waals surface area (Å²) in [6, 6.07) is 10.9. The van der Waals surface area contributed by atoms with E-state index in [1.54, 1.807) is 0 Å². The van der Waals surface area contributed by atoms with Crippen LogP contribution < -0.4 is 0 Å². The Morgan fingerprint density at radius 2 is 2.00 bits per heavy atom. The Morgan fingerprint density at radius 3 is 2.61 bits per heavy atom. The van der Waals surface area contributed by atoms with Crippen molar-refractivity contribution in [2.24, 2.45) is 5.92 Å². The largest absolute Gasteiger partial charge is 0.394 e. The highest BCUT2D eigenvalue weighted by Gasteiger charge is 2.28. The molecule has 98 valence electrons. The zero-order valence-corrected chi connectivity index (χ0v) is 11.3. The van der Waals surface area contributed by atoms with Crippen molar-refractivity contribution in [1.29, 1.82) is 0 Å². The van der Waals surface area contributed by atoms with E-state index in [4.69, 9.17) is 0 Å². The molecule has 0 aromatic heterocycles. The molecule has 1 heterocycles. The summed E-state index contributed by atoms with van der Waals surface area (Å²) in [4.78, 5) is 2.43. The lowest BCUT2D eigenvalue weighted by Crippen LogP contribution is -2.44. The summed E-state index contributed by atoms with van der Waals surface area (Å²) >= 11 is 0. The van der Waals surface area contributed by atoms with Crippen molar-refractivity contribution in [2.45, 2.75) is 32.4 Å². The summed E-state index contributed by atoms with van der Waals surface area (Å²) in [5, 5.41) is 9.77. The zero-order valence-electron chi connectivity index (χ0n) is 11.3. The average molecular weight is 245 g/mol. The Balaban J connectivity index is 2.24. The third-order valence-electron chi connectivity index (χ3n) is 3.71. The second kappa shape index (κ2) is 6.17. The van der Waals surface area contributed by atoms with Crippen LogP contribution in [0, 0.1) is 5.92 Å². The maximum atomic E-state index is 9.77. The molecule has 18 heavy (non-hydrogen) atoms. The van der Waals surface area contributed by atoms with Gasteiger partial charge in [0.25, 0.3) is 0 Å². The molecule has 2 nitrogen and oxygen atoms in total. The lowest BCUT2D eigenvalue weighted by atomic mass is 9.94. The summed E-state index contributed by atoms with van der Waals surface area (Å²) in [5.41, 5.74) is 1.21. The van der Waals surface area contributed by atoms with Gasteiger partial charge in [-0.2, -0.15) is 0 Å². The Kier molecular flexibility index (Phi) is 4.56. The summed E-state index contributed by atoms with van der Waals surface area (Å²) in [6.45, 7) is 5.69. The molecule has 2 atom stereocenters. The number of benzene rings is 1. The predicted molar refractivity (Wildman–Crippen MR) is 75.4 cm³/mol. The van der Waals surface area contributed by atoms with Gasteiger partial charge in [0.15, 0.2) is 0 Å². The second-order valence-corrected chi connectivity index (χ2v) is 5.30. The van der Waals surface area contributed by atoms with Crippen LogP contribution in [0.4, 0.5) is 0 Å². The molecule has 1 aromatic carbocycles. The number of hydrogen-bond acceptors (Lipinski definition) is 2. The number of nitrogens with zero attached hydrogens (tertiary/aromatic N) is 1. The van der Waals surface area contributed by atoms with Crippen LogP contribution in [0.1, 0.15) is 31.9 Å². The molecule has 0 saturated heterocycles. The summed E-state index contributed by atoms with van der Waals surface area (Å²) < 4.78 is 0. The van der Waals surface area contributed by atoms with E-state index in [0.29, 0.717) is 12.0 Å². The smallest absolute Gasteiger partial charge is 0.0628 e. The van der Waals surface area contributed by atoms with E-state index in [9.17, 15) is 5.11 Å². The first kappa shape index (κ1) is 13.3. The SMILES string of the molecule is CC(C)[C@@H]1C=CCCN1[C@@H](CO)c1ccccc1. The molecule has 1 aliphatic rings. The first-order chi connectivity index (χ1) is 8.74. The lowest BCUT2D eigenvalue weighted by Gasteiger charge is -2.40. The van der Waals surface area contributed by atoms with Gasteiger partial charge in [0.1, 0.15) is 0 Å². The molecular formula is C16H23NO. The first-order valence-corrected chi connectivity index (χ1v) is 6.82. The van der Waals surface area contributed by atoms with E-state index in [1.165, 1.54) is 5.56 Å². The van der Waals surface area contributed by atoms with Crippen molar-refractivity contribution in [3.63, 3.8) is 0 Å². The minimum atomic E-state index is 0.114. The zero-order chi connectivity index (χ0) is 13.0. The van der Waals surface area contributed by atoms with E-state index in [2.05, 4.69) is 43.0 Å². The molecule has 0 fully saturated rings. The van der Waals surface area contributed by atoms with E-state index >= 15 is 0 Å². The van der Waals surface area contributed by atoms with Crippen LogP contribution in [-0.4, -0.2) is 29.2 Å². The van der Waals surface area contributed by atoms with Crippen LogP contribution in [0.15, 0.2) is 42.5 Å². The molecule has 0 amide bonds. The predicted octanol–water partition coefficient (Wildman–Crippen LogP) is 3.01. The van der Waals surface area contributed by atoms with Gasteiger partial charge >= 0.3 is 0 Å². The van der Waals surface area contributed by atoms with Crippen LogP contribution in [0.2, 0.25) is 0 Å². The molecule has 0 bridgehead atoms. The minimum Gasteiger partial charge on any atom is -0.394 e. The maximum Gasteiger partial charge on any atom is 0.0628 e. The topological polar surface area (TPSA) is 23.5 Å². The standard InChI is InChI=1S/C16H23NO/c1-13(2)15-10-6-7-11-17(15)16(12-18)14-8-4-3-5-9-14/h3-6,8-10,13,15-16,18H,7,11-12H2,1-2H3/t15-,16-/m0/s1. The number of aliphatic hydroxyl groups is 1. The molecule has 2 heteroatoms. The Bertz CT molecular complexity index is 385. The van der Waals surface area contributed by atoms with Crippen molar-refractivity contribution in [2.75, 3.05) is 13.2 Å². The van der Waals surface area contributed by atoms with Crippen LogP contribution in [0.3, 0.4) is 0 Å². The molecule has 0 saturated carbocycles. The van der Waals surface area contributed by atoms with Gasteiger partial charge in [-0.3, -0.25) is 4.90 Å². The number of hydrogen-bond donors (Lipinski definition) is 1. The van der Waals surface area contributed by atoms with Crippen molar-refractivity contribution in [1.82, 2.24) is 4.90 Å². The fourth-order valence-corrected chi connectivity index (χ4v) is 2.76. The molecular weight excluding hydrogens is 222 g/mol. The van der Waals surface area contributed by atoms with Crippen LogP contribution in [-0.2, 0) is 0 Å². The highest BCUT2D eigenvalue weighted by molar-refractivity contribution is 5.20. The molecule has 0 spiro atoms. The molecule has 1 aromatic rings. The third-order valence-corrected chi connectivity index (χ3v) is 3.71. The van der Waals surface area contributed by atoms with Crippen molar-refractivity contribution in [3.8, 4) is 0 Å². The van der Waals surface area contributed by atoms with Gasteiger partial charge in [-0.05, 0) is 17.9 Å². The van der Waals surface area contributed by atoms with E-state index < -0.39 is 0 Å². The minimum absolute atomic E-state index is 0.114. The lowest BCUT2D eigenvalue weighted by molar-refractivity contribution is 0.0781. The molecule has 0 unspecified atom stereocenters. The Morgan fingerprint density at radius 1 is 1.28 bits per heavy atom. The van der Waals surface area contributed by atoms with Crippen molar-refractivity contribution < 1.29 is 5.11 Å². The fourth-order valence-electron chi connectivity index (χ4n) is 2.76. The van der Waals surface area contributed by atoms with Gasteiger partial charge in [-0.1, -0.05) is 56.3 Å².